The molecule has 0 aromatic heterocycles. The fraction of sp³-hybridized carbons (Fsp3) is 0.875. The molecule has 0 aromatic rings. The molecule has 0 aliphatic heterocycles. The van der Waals surface area contributed by atoms with Gasteiger partial charge < -0.3 is 5.11 Å². The quantitative estimate of drug-likeness (QED) is 0.638. The normalized spacial score (nSPS) is 35.5. The fourth-order valence-electron chi connectivity index (χ4n) is 1.66. The molecular formula is C8H10F3NO. The van der Waals surface area contributed by atoms with Gasteiger partial charge in [-0.25, -0.2) is 0 Å². The van der Waals surface area contributed by atoms with Crippen molar-refractivity contribution in [3.63, 3.8) is 0 Å². The van der Waals surface area contributed by atoms with Gasteiger partial charge in [-0.3, -0.25) is 0 Å². The highest BCUT2D eigenvalue weighted by molar-refractivity contribution is 4.92. The number of rotatable bonds is 0. The van der Waals surface area contributed by atoms with E-state index >= 15 is 0 Å². The third-order valence-electron chi connectivity index (χ3n) is 2.33. The largest absolute Gasteiger partial charge is 0.393 e. The molecule has 0 aromatic carbocycles. The number of aliphatic hydroxyl groups excluding tert-OH is 1. The molecule has 0 bridgehead atoms. The maximum Gasteiger partial charge on any atom is 0.391 e. The molecule has 0 saturated heterocycles. The van der Waals surface area contributed by atoms with Gasteiger partial charge in [-0.1, -0.05) is 0 Å². The van der Waals surface area contributed by atoms with Crippen molar-refractivity contribution >= 4 is 0 Å². The number of aliphatic hydroxyl groups is 1. The smallest absolute Gasteiger partial charge is 0.391 e. The zero-order valence-corrected chi connectivity index (χ0v) is 6.88. The molecule has 0 radical (unpaired) electrons. The molecule has 0 spiro atoms. The van der Waals surface area contributed by atoms with Gasteiger partial charge in [0.1, 0.15) is 0 Å². The van der Waals surface area contributed by atoms with E-state index in [1.807, 2.05) is 0 Å². The molecule has 1 aliphatic carbocycles. The highest BCUT2D eigenvalue weighted by Gasteiger charge is 2.44. The van der Waals surface area contributed by atoms with Crippen molar-refractivity contribution < 1.29 is 18.3 Å². The molecule has 1 N–H and O–H groups in total. The molecule has 1 fully saturated rings. The van der Waals surface area contributed by atoms with Crippen LogP contribution in [0.25, 0.3) is 0 Å². The number of alkyl halides is 3. The van der Waals surface area contributed by atoms with Crippen LogP contribution in [0.15, 0.2) is 0 Å². The number of nitriles is 1. The summed E-state index contributed by atoms with van der Waals surface area (Å²) in [5.41, 5.74) is 0. The first-order valence-electron chi connectivity index (χ1n) is 4.08. The molecule has 3 atom stereocenters. The lowest BCUT2D eigenvalue weighted by atomic mass is 9.80. The van der Waals surface area contributed by atoms with Crippen LogP contribution in [0.2, 0.25) is 0 Å². The Balaban J connectivity index is 2.64. The standard InChI is InChI=1S/C8H10F3NO/c9-8(10,11)6-1-5(4-12)2-7(13)3-6/h5-7,13H,1-3H2/t5-,6-,7-/m0/s1. The van der Waals surface area contributed by atoms with Gasteiger partial charge in [0.15, 0.2) is 0 Å². The molecule has 2 nitrogen and oxygen atoms in total. The Morgan fingerprint density at radius 2 is 1.85 bits per heavy atom. The summed E-state index contributed by atoms with van der Waals surface area (Å²) in [4.78, 5) is 0. The number of hydrogen-bond donors (Lipinski definition) is 1. The minimum atomic E-state index is -4.28. The van der Waals surface area contributed by atoms with Gasteiger partial charge in [-0.15, -0.1) is 0 Å². The zero-order valence-electron chi connectivity index (χ0n) is 6.88. The van der Waals surface area contributed by atoms with E-state index in [2.05, 4.69) is 0 Å². The first-order valence-corrected chi connectivity index (χ1v) is 4.08. The van der Waals surface area contributed by atoms with Gasteiger partial charge in [0.2, 0.25) is 0 Å². The van der Waals surface area contributed by atoms with E-state index in [0.717, 1.165) is 0 Å². The van der Waals surface area contributed by atoms with Gasteiger partial charge >= 0.3 is 6.18 Å². The van der Waals surface area contributed by atoms with Crippen molar-refractivity contribution in [3.05, 3.63) is 0 Å². The predicted molar refractivity (Wildman–Crippen MR) is 38.5 cm³/mol. The van der Waals surface area contributed by atoms with Crippen LogP contribution >= 0.6 is 0 Å². The topological polar surface area (TPSA) is 44.0 Å². The van der Waals surface area contributed by atoms with E-state index in [9.17, 15) is 13.2 Å². The monoisotopic (exact) mass is 193 g/mol. The summed E-state index contributed by atoms with van der Waals surface area (Å²) >= 11 is 0. The highest BCUT2D eigenvalue weighted by atomic mass is 19.4. The van der Waals surface area contributed by atoms with Crippen LogP contribution in [0.1, 0.15) is 19.3 Å². The van der Waals surface area contributed by atoms with Crippen LogP contribution in [-0.2, 0) is 0 Å². The summed E-state index contributed by atoms with van der Waals surface area (Å²) in [6.45, 7) is 0. The molecule has 1 aliphatic rings. The second-order valence-corrected chi connectivity index (χ2v) is 3.43. The first kappa shape index (κ1) is 10.3. The van der Waals surface area contributed by atoms with Crippen molar-refractivity contribution in [2.45, 2.75) is 31.5 Å². The van der Waals surface area contributed by atoms with Gasteiger partial charge in [-0.05, 0) is 19.3 Å². The van der Waals surface area contributed by atoms with E-state index < -0.39 is 24.1 Å². The Hall–Kier alpha value is -0.760. The lowest BCUT2D eigenvalue weighted by Crippen LogP contribution is -2.34. The Morgan fingerprint density at radius 1 is 1.23 bits per heavy atom. The molecule has 13 heavy (non-hydrogen) atoms. The molecule has 74 valence electrons. The summed E-state index contributed by atoms with van der Waals surface area (Å²) in [5.74, 6) is -2.17. The van der Waals surface area contributed by atoms with Gasteiger partial charge in [0.25, 0.3) is 0 Å². The SMILES string of the molecule is N#C[C@@H]1C[C@H](O)C[C@@H](C(F)(F)F)C1. The molecule has 0 unspecified atom stereocenters. The van der Waals surface area contributed by atoms with E-state index in [1.165, 1.54) is 0 Å². The third-order valence-corrected chi connectivity index (χ3v) is 2.33. The summed E-state index contributed by atoms with van der Waals surface area (Å²) in [5, 5.41) is 17.6. The second kappa shape index (κ2) is 3.54. The van der Waals surface area contributed by atoms with E-state index in [-0.39, 0.29) is 19.3 Å². The average molecular weight is 193 g/mol. The van der Waals surface area contributed by atoms with Crippen LogP contribution in [0.4, 0.5) is 13.2 Å². The Kier molecular flexibility index (Phi) is 2.81. The van der Waals surface area contributed by atoms with E-state index in [1.54, 1.807) is 6.07 Å². The van der Waals surface area contributed by atoms with E-state index in [0.29, 0.717) is 0 Å². The minimum Gasteiger partial charge on any atom is -0.393 e. The van der Waals surface area contributed by atoms with Crippen molar-refractivity contribution in [1.29, 1.82) is 5.26 Å². The Labute approximate surface area is 74.0 Å². The summed E-state index contributed by atoms with van der Waals surface area (Å²) in [6, 6.07) is 1.78. The first-order chi connectivity index (χ1) is 5.93. The summed E-state index contributed by atoms with van der Waals surface area (Å²) in [7, 11) is 0. The number of halogens is 3. The highest BCUT2D eigenvalue weighted by Crippen LogP contribution is 2.39. The molecule has 5 heteroatoms. The predicted octanol–water partition coefficient (Wildman–Crippen LogP) is 1.85. The van der Waals surface area contributed by atoms with Crippen LogP contribution in [-0.4, -0.2) is 17.4 Å². The van der Waals surface area contributed by atoms with Crippen molar-refractivity contribution in [1.82, 2.24) is 0 Å². The van der Waals surface area contributed by atoms with Crippen LogP contribution in [0, 0.1) is 23.2 Å². The number of hydrogen-bond acceptors (Lipinski definition) is 2. The molecule has 1 saturated carbocycles. The summed E-state index contributed by atoms with van der Waals surface area (Å²) < 4.78 is 36.6. The molecule has 0 heterocycles. The van der Waals surface area contributed by atoms with Crippen LogP contribution in [0.5, 0.6) is 0 Å². The van der Waals surface area contributed by atoms with Gasteiger partial charge in [-0.2, -0.15) is 18.4 Å². The minimum absolute atomic E-state index is 0.170. The van der Waals surface area contributed by atoms with Gasteiger partial charge in [0.05, 0.1) is 18.1 Å². The summed E-state index contributed by atoms with van der Waals surface area (Å²) in [6.07, 6.45) is -5.52. The Bertz CT molecular complexity index is 220. The second-order valence-electron chi connectivity index (χ2n) is 3.43. The zero-order chi connectivity index (χ0) is 10.1. The number of nitrogens with zero attached hydrogens (tertiary/aromatic N) is 1. The lowest BCUT2D eigenvalue weighted by Gasteiger charge is -2.30. The Morgan fingerprint density at radius 3 is 2.31 bits per heavy atom. The van der Waals surface area contributed by atoms with Gasteiger partial charge in [0, 0.05) is 5.92 Å². The van der Waals surface area contributed by atoms with Crippen molar-refractivity contribution in [2.24, 2.45) is 11.8 Å². The van der Waals surface area contributed by atoms with Crippen molar-refractivity contribution in [3.8, 4) is 6.07 Å². The van der Waals surface area contributed by atoms with Crippen LogP contribution < -0.4 is 0 Å². The van der Waals surface area contributed by atoms with Crippen molar-refractivity contribution in [2.75, 3.05) is 0 Å². The maximum atomic E-state index is 12.2. The molecular weight excluding hydrogens is 183 g/mol. The van der Waals surface area contributed by atoms with Crippen LogP contribution in [0.3, 0.4) is 0 Å². The fourth-order valence-corrected chi connectivity index (χ4v) is 1.66. The third kappa shape index (κ3) is 2.59. The maximum absolute atomic E-state index is 12.2. The lowest BCUT2D eigenvalue weighted by molar-refractivity contribution is -0.192. The molecule has 1 rings (SSSR count). The molecule has 0 amide bonds. The average Bonchev–Trinajstić information content (AvgIpc) is 2.01. The van der Waals surface area contributed by atoms with E-state index in [4.69, 9.17) is 10.4 Å².